The molecule has 1 aromatic carbocycles. The molecule has 7 heteroatoms. The van der Waals surface area contributed by atoms with Crippen molar-refractivity contribution in [3.8, 4) is 5.75 Å². The average Bonchev–Trinajstić information content (AvgIpc) is 2.65. The van der Waals surface area contributed by atoms with E-state index in [4.69, 9.17) is 4.74 Å². The average molecular weight is 368 g/mol. The fraction of sp³-hybridized carbons (Fsp3) is 0.611. The number of aryl methyl sites for hydroxylation is 1. The van der Waals surface area contributed by atoms with Crippen LogP contribution in [0.1, 0.15) is 31.7 Å². The van der Waals surface area contributed by atoms with E-state index < -0.39 is 10.0 Å². The highest BCUT2D eigenvalue weighted by atomic mass is 32.2. The molecule has 0 bridgehead atoms. The Morgan fingerprint density at radius 2 is 1.76 bits per heavy atom. The second-order valence-corrected chi connectivity index (χ2v) is 8.39. The fourth-order valence-electron chi connectivity index (χ4n) is 2.87. The Kier molecular flexibility index (Phi) is 7.25. The van der Waals surface area contributed by atoms with Gasteiger partial charge in [0.15, 0.2) is 0 Å². The first-order valence-corrected chi connectivity index (χ1v) is 10.5. The van der Waals surface area contributed by atoms with Gasteiger partial charge in [0.1, 0.15) is 5.75 Å². The molecule has 0 N–H and O–H groups in total. The maximum Gasteiger partial charge on any atom is 0.222 e. The number of unbranched alkanes of at least 4 members (excludes halogenated alkanes) is 1. The van der Waals surface area contributed by atoms with Gasteiger partial charge in [-0.05, 0) is 30.5 Å². The number of sulfonamides is 1. The summed E-state index contributed by atoms with van der Waals surface area (Å²) < 4.78 is 31.0. The lowest BCUT2D eigenvalue weighted by atomic mass is 10.1. The summed E-state index contributed by atoms with van der Waals surface area (Å²) >= 11 is 0. The van der Waals surface area contributed by atoms with Gasteiger partial charge in [0, 0.05) is 32.6 Å². The largest absolute Gasteiger partial charge is 0.497 e. The van der Waals surface area contributed by atoms with Crippen molar-refractivity contribution in [3.05, 3.63) is 29.8 Å². The first-order chi connectivity index (χ1) is 12.0. The molecule has 0 radical (unpaired) electrons. The molecule has 1 aliphatic rings. The second kappa shape index (κ2) is 9.20. The molecule has 0 aromatic heterocycles. The van der Waals surface area contributed by atoms with Crippen molar-refractivity contribution in [1.82, 2.24) is 9.21 Å². The van der Waals surface area contributed by atoms with E-state index in [-0.39, 0.29) is 11.7 Å². The molecule has 2 rings (SSSR count). The van der Waals surface area contributed by atoms with E-state index in [0.29, 0.717) is 45.4 Å². The Bertz CT molecular complexity index is 650. The van der Waals surface area contributed by atoms with Crippen molar-refractivity contribution in [3.63, 3.8) is 0 Å². The summed E-state index contributed by atoms with van der Waals surface area (Å²) in [5, 5.41) is 0. The third kappa shape index (κ3) is 5.71. The maximum atomic E-state index is 12.4. The lowest BCUT2D eigenvalue weighted by Gasteiger charge is -2.34. The van der Waals surface area contributed by atoms with Crippen molar-refractivity contribution in [2.75, 3.05) is 39.0 Å². The number of piperazine rings is 1. The van der Waals surface area contributed by atoms with Gasteiger partial charge in [-0.2, -0.15) is 4.31 Å². The van der Waals surface area contributed by atoms with Gasteiger partial charge in [0.05, 0.1) is 12.9 Å². The molecular weight excluding hydrogens is 340 g/mol. The van der Waals surface area contributed by atoms with Crippen LogP contribution in [0.4, 0.5) is 0 Å². The van der Waals surface area contributed by atoms with Crippen molar-refractivity contribution >= 4 is 15.9 Å². The van der Waals surface area contributed by atoms with E-state index in [0.717, 1.165) is 17.7 Å². The summed E-state index contributed by atoms with van der Waals surface area (Å²) in [4.78, 5) is 14.1. The zero-order valence-corrected chi connectivity index (χ0v) is 15.9. The van der Waals surface area contributed by atoms with Crippen LogP contribution in [-0.2, 0) is 21.2 Å². The van der Waals surface area contributed by atoms with Gasteiger partial charge in [0.2, 0.25) is 15.9 Å². The summed E-state index contributed by atoms with van der Waals surface area (Å²) in [5.41, 5.74) is 1.09. The van der Waals surface area contributed by atoms with E-state index in [2.05, 4.69) is 0 Å². The van der Waals surface area contributed by atoms with Crippen LogP contribution in [0.3, 0.4) is 0 Å². The van der Waals surface area contributed by atoms with Crippen LogP contribution >= 0.6 is 0 Å². The highest BCUT2D eigenvalue weighted by Crippen LogP contribution is 2.14. The summed E-state index contributed by atoms with van der Waals surface area (Å²) in [6.45, 7) is 3.75. The first-order valence-electron chi connectivity index (χ1n) is 8.85. The molecule has 1 fully saturated rings. The monoisotopic (exact) mass is 368 g/mol. The molecule has 6 nitrogen and oxygen atoms in total. The highest BCUT2D eigenvalue weighted by Gasteiger charge is 2.28. The Balaban J connectivity index is 1.78. The molecule has 1 saturated heterocycles. The number of rotatable bonds is 8. The van der Waals surface area contributed by atoms with Gasteiger partial charge in [-0.25, -0.2) is 8.42 Å². The lowest BCUT2D eigenvalue weighted by molar-refractivity contribution is -0.132. The number of carbonyl (C=O) groups excluding carboxylic acids is 1. The third-order valence-electron chi connectivity index (χ3n) is 4.53. The van der Waals surface area contributed by atoms with E-state index >= 15 is 0 Å². The van der Waals surface area contributed by atoms with Gasteiger partial charge >= 0.3 is 0 Å². The van der Waals surface area contributed by atoms with E-state index in [9.17, 15) is 13.2 Å². The van der Waals surface area contributed by atoms with Gasteiger partial charge in [-0.1, -0.05) is 25.5 Å². The van der Waals surface area contributed by atoms with Gasteiger partial charge in [-0.15, -0.1) is 0 Å². The minimum atomic E-state index is -3.17. The molecule has 0 aliphatic carbocycles. The van der Waals surface area contributed by atoms with Gasteiger partial charge < -0.3 is 9.64 Å². The van der Waals surface area contributed by atoms with Crippen LogP contribution in [0, 0.1) is 0 Å². The molecule has 140 valence electrons. The van der Waals surface area contributed by atoms with E-state index in [1.165, 1.54) is 4.31 Å². The zero-order chi connectivity index (χ0) is 18.3. The number of methoxy groups -OCH3 is 1. The fourth-order valence-corrected chi connectivity index (χ4v) is 4.50. The highest BCUT2D eigenvalue weighted by molar-refractivity contribution is 7.89. The maximum absolute atomic E-state index is 12.4. The molecule has 1 aliphatic heterocycles. The molecule has 1 amide bonds. The summed E-state index contributed by atoms with van der Waals surface area (Å²) in [6.07, 6.45) is 2.67. The predicted octanol–water partition coefficient (Wildman–Crippen LogP) is 1.90. The predicted molar refractivity (Wildman–Crippen MR) is 98.2 cm³/mol. The van der Waals surface area contributed by atoms with E-state index in [1.807, 2.05) is 31.2 Å². The van der Waals surface area contributed by atoms with Crippen LogP contribution < -0.4 is 4.74 Å². The molecule has 0 atom stereocenters. The summed E-state index contributed by atoms with van der Waals surface area (Å²) in [5.74, 6) is 1.09. The zero-order valence-electron chi connectivity index (χ0n) is 15.1. The lowest BCUT2D eigenvalue weighted by Crippen LogP contribution is -2.51. The van der Waals surface area contributed by atoms with E-state index in [1.54, 1.807) is 12.0 Å². The normalized spacial score (nSPS) is 16.0. The van der Waals surface area contributed by atoms with Crippen molar-refractivity contribution in [2.24, 2.45) is 0 Å². The summed E-state index contributed by atoms with van der Waals surface area (Å²) in [7, 11) is -1.55. The molecule has 0 spiro atoms. The SMILES string of the molecule is CCCCS(=O)(=O)N1CCN(C(=O)CCc2ccc(OC)cc2)CC1. The quantitative estimate of drug-likeness (QED) is 0.703. The van der Waals surface area contributed by atoms with Crippen LogP contribution in [-0.4, -0.2) is 62.6 Å². The van der Waals surface area contributed by atoms with Crippen LogP contribution in [0.2, 0.25) is 0 Å². The van der Waals surface area contributed by atoms with Crippen LogP contribution in [0.15, 0.2) is 24.3 Å². The Morgan fingerprint density at radius 1 is 1.12 bits per heavy atom. The molecule has 1 aromatic rings. The second-order valence-electron chi connectivity index (χ2n) is 6.30. The topological polar surface area (TPSA) is 66.9 Å². The first kappa shape index (κ1) is 19.7. The Hall–Kier alpha value is -1.60. The smallest absolute Gasteiger partial charge is 0.222 e. The van der Waals surface area contributed by atoms with Crippen LogP contribution in [0.25, 0.3) is 0 Å². The number of ether oxygens (including phenoxy) is 1. The van der Waals surface area contributed by atoms with Gasteiger partial charge in [-0.3, -0.25) is 4.79 Å². The molecular formula is C18H28N2O4S. The number of nitrogens with zero attached hydrogens (tertiary/aromatic N) is 2. The standard InChI is InChI=1S/C18H28N2O4S/c1-3-4-15-25(22,23)20-13-11-19(12-14-20)18(21)10-7-16-5-8-17(24-2)9-6-16/h5-6,8-9H,3-4,7,10-15H2,1-2H3. The molecule has 1 heterocycles. The Labute approximate surface area is 150 Å². The van der Waals surface area contributed by atoms with Gasteiger partial charge in [0.25, 0.3) is 0 Å². The number of hydrogen-bond acceptors (Lipinski definition) is 4. The molecule has 0 unspecified atom stereocenters. The minimum absolute atomic E-state index is 0.0847. The number of benzene rings is 1. The Morgan fingerprint density at radius 3 is 2.32 bits per heavy atom. The van der Waals surface area contributed by atoms with Crippen molar-refractivity contribution in [1.29, 1.82) is 0 Å². The third-order valence-corrected chi connectivity index (χ3v) is 6.48. The number of hydrogen-bond donors (Lipinski definition) is 0. The number of carbonyl (C=O) groups is 1. The van der Waals surface area contributed by atoms with Crippen LogP contribution in [0.5, 0.6) is 5.75 Å². The van der Waals surface area contributed by atoms with Crippen molar-refractivity contribution < 1.29 is 17.9 Å². The number of amides is 1. The molecule has 0 saturated carbocycles. The van der Waals surface area contributed by atoms with Crippen molar-refractivity contribution in [2.45, 2.75) is 32.6 Å². The summed E-state index contributed by atoms with van der Waals surface area (Å²) in [6, 6.07) is 7.70. The minimum Gasteiger partial charge on any atom is -0.497 e. The molecule has 25 heavy (non-hydrogen) atoms.